The molecule has 8 heteroatoms. The SMILES string of the molecule is CN(C)C(=O)CN=C(NCc1cccs1)NC1CCN(C2CCCC2)CC1.I. The van der Waals surface area contributed by atoms with Crippen molar-refractivity contribution in [1.82, 2.24) is 20.4 Å². The molecule has 1 amide bonds. The molecule has 1 aliphatic heterocycles. The molecule has 2 fully saturated rings. The molecule has 0 bridgehead atoms. The second-order valence-corrected chi connectivity index (χ2v) is 8.81. The van der Waals surface area contributed by atoms with Crippen molar-refractivity contribution in [2.45, 2.75) is 57.2 Å². The van der Waals surface area contributed by atoms with Gasteiger partial charge >= 0.3 is 0 Å². The van der Waals surface area contributed by atoms with Gasteiger partial charge in [0.1, 0.15) is 6.54 Å². The Morgan fingerprint density at radius 3 is 2.57 bits per heavy atom. The fourth-order valence-corrected chi connectivity index (χ4v) is 4.54. The van der Waals surface area contributed by atoms with Gasteiger partial charge in [-0.25, -0.2) is 4.99 Å². The zero-order valence-corrected chi connectivity index (χ0v) is 20.2. The van der Waals surface area contributed by atoms with E-state index in [-0.39, 0.29) is 36.4 Å². The van der Waals surface area contributed by atoms with E-state index in [1.54, 1.807) is 30.3 Å². The lowest BCUT2D eigenvalue weighted by Crippen LogP contribution is -2.50. The summed E-state index contributed by atoms with van der Waals surface area (Å²) in [6, 6.07) is 5.40. The summed E-state index contributed by atoms with van der Waals surface area (Å²) < 4.78 is 0. The zero-order chi connectivity index (χ0) is 19.1. The van der Waals surface area contributed by atoms with Gasteiger partial charge in [0.05, 0.1) is 6.54 Å². The molecule has 1 aromatic rings. The van der Waals surface area contributed by atoms with Gasteiger partial charge in [-0.15, -0.1) is 35.3 Å². The van der Waals surface area contributed by atoms with Crippen LogP contribution in [0.1, 0.15) is 43.4 Å². The highest BCUT2D eigenvalue weighted by atomic mass is 127. The lowest BCUT2D eigenvalue weighted by atomic mass is 10.0. The standard InChI is InChI=1S/C20H33N5OS.HI/c1-24(2)19(26)15-22-20(21-14-18-8-5-13-27-18)23-16-9-11-25(12-10-16)17-6-3-4-7-17;/h5,8,13,16-17H,3-4,6-7,9-12,14-15H2,1-2H3,(H2,21,22,23);1H. The molecule has 3 rings (SSSR count). The van der Waals surface area contributed by atoms with Gasteiger partial charge in [-0.05, 0) is 37.1 Å². The Morgan fingerprint density at radius 1 is 1.25 bits per heavy atom. The number of carbonyl (C=O) groups excluding carboxylic acids is 1. The van der Waals surface area contributed by atoms with Gasteiger partial charge in [0.15, 0.2) is 5.96 Å². The van der Waals surface area contributed by atoms with Crippen LogP contribution in [0.25, 0.3) is 0 Å². The van der Waals surface area contributed by atoms with E-state index in [2.05, 4.69) is 38.0 Å². The van der Waals surface area contributed by atoms with Crippen molar-refractivity contribution in [3.8, 4) is 0 Å². The van der Waals surface area contributed by atoms with E-state index < -0.39 is 0 Å². The van der Waals surface area contributed by atoms with Crippen LogP contribution < -0.4 is 10.6 Å². The van der Waals surface area contributed by atoms with E-state index in [1.807, 2.05) is 0 Å². The predicted octanol–water partition coefficient (Wildman–Crippen LogP) is 2.90. The molecule has 0 atom stereocenters. The molecular formula is C20H34IN5OS. The van der Waals surface area contributed by atoms with Crippen molar-refractivity contribution >= 4 is 47.2 Å². The monoisotopic (exact) mass is 519 g/mol. The van der Waals surface area contributed by atoms with Gasteiger partial charge in [-0.1, -0.05) is 18.9 Å². The third-order valence-electron chi connectivity index (χ3n) is 5.59. The third-order valence-corrected chi connectivity index (χ3v) is 6.47. The van der Waals surface area contributed by atoms with Gasteiger partial charge in [-0.2, -0.15) is 0 Å². The first kappa shape index (κ1) is 23.4. The van der Waals surface area contributed by atoms with Crippen molar-refractivity contribution in [3.63, 3.8) is 0 Å². The van der Waals surface area contributed by atoms with Gasteiger partial charge in [0.2, 0.25) is 5.91 Å². The van der Waals surface area contributed by atoms with Crippen LogP contribution in [0.3, 0.4) is 0 Å². The van der Waals surface area contributed by atoms with E-state index in [4.69, 9.17) is 0 Å². The summed E-state index contributed by atoms with van der Waals surface area (Å²) in [6.07, 6.45) is 7.81. The first-order valence-electron chi connectivity index (χ1n) is 10.1. The Balaban J connectivity index is 0.00000280. The molecule has 0 radical (unpaired) electrons. The number of nitrogens with one attached hydrogen (secondary N) is 2. The van der Waals surface area contributed by atoms with E-state index in [9.17, 15) is 4.79 Å². The van der Waals surface area contributed by atoms with E-state index >= 15 is 0 Å². The summed E-state index contributed by atoms with van der Waals surface area (Å²) in [4.78, 5) is 22.0. The molecule has 28 heavy (non-hydrogen) atoms. The molecule has 0 spiro atoms. The summed E-state index contributed by atoms with van der Waals surface area (Å²) >= 11 is 1.73. The molecule has 2 N–H and O–H groups in total. The van der Waals surface area contributed by atoms with Crippen LogP contribution in [0.5, 0.6) is 0 Å². The Hall–Kier alpha value is -0.870. The second kappa shape index (κ2) is 12.0. The van der Waals surface area contributed by atoms with Gasteiger partial charge in [0, 0.05) is 44.1 Å². The Kier molecular flexibility index (Phi) is 10.0. The third kappa shape index (κ3) is 7.18. The van der Waals surface area contributed by atoms with Crippen molar-refractivity contribution in [2.24, 2.45) is 4.99 Å². The van der Waals surface area contributed by atoms with Crippen LogP contribution in [0.4, 0.5) is 0 Å². The van der Waals surface area contributed by atoms with Crippen LogP contribution in [-0.2, 0) is 11.3 Å². The minimum atomic E-state index is 0. The number of hydrogen-bond acceptors (Lipinski definition) is 4. The van der Waals surface area contributed by atoms with Gasteiger partial charge < -0.3 is 20.4 Å². The molecule has 1 saturated heterocycles. The average Bonchev–Trinajstić information content (AvgIpc) is 3.38. The molecule has 158 valence electrons. The first-order chi connectivity index (χ1) is 13.1. The first-order valence-corrected chi connectivity index (χ1v) is 11.0. The van der Waals surface area contributed by atoms with Crippen LogP contribution >= 0.6 is 35.3 Å². The average molecular weight is 519 g/mol. The number of likely N-dealkylation sites (N-methyl/N-ethyl adjacent to an activating group) is 1. The summed E-state index contributed by atoms with van der Waals surface area (Å²) in [7, 11) is 3.53. The molecule has 6 nitrogen and oxygen atoms in total. The normalized spacial score (nSPS) is 19.3. The number of likely N-dealkylation sites (tertiary alicyclic amines) is 1. The number of piperidine rings is 1. The molecule has 0 aromatic carbocycles. The lowest BCUT2D eigenvalue weighted by Gasteiger charge is -2.36. The summed E-state index contributed by atoms with van der Waals surface area (Å²) in [5.74, 6) is 0.765. The Bertz CT molecular complexity index is 608. The maximum Gasteiger partial charge on any atom is 0.243 e. The molecule has 1 saturated carbocycles. The van der Waals surface area contributed by atoms with Gasteiger partial charge in [-0.3, -0.25) is 4.79 Å². The maximum atomic E-state index is 11.9. The number of carbonyl (C=O) groups is 1. The second-order valence-electron chi connectivity index (χ2n) is 7.78. The smallest absolute Gasteiger partial charge is 0.243 e. The maximum absolute atomic E-state index is 11.9. The highest BCUT2D eigenvalue weighted by Gasteiger charge is 2.27. The van der Waals surface area contributed by atoms with Crippen LogP contribution in [0.15, 0.2) is 22.5 Å². The summed E-state index contributed by atoms with van der Waals surface area (Å²) in [6.45, 7) is 3.24. The number of hydrogen-bond donors (Lipinski definition) is 2. The molecule has 1 aliphatic carbocycles. The Morgan fingerprint density at radius 2 is 1.96 bits per heavy atom. The fraction of sp³-hybridized carbons (Fsp3) is 0.700. The van der Waals surface area contributed by atoms with Crippen LogP contribution in [-0.4, -0.2) is 67.5 Å². The van der Waals surface area contributed by atoms with Crippen molar-refractivity contribution in [3.05, 3.63) is 22.4 Å². The number of thiophene rings is 1. The van der Waals surface area contributed by atoms with Crippen molar-refractivity contribution in [1.29, 1.82) is 0 Å². The predicted molar refractivity (Wildman–Crippen MR) is 128 cm³/mol. The molecule has 2 aliphatic rings. The van der Waals surface area contributed by atoms with Crippen LogP contribution in [0, 0.1) is 0 Å². The number of aliphatic imine (C=N–C) groups is 1. The fourth-order valence-electron chi connectivity index (χ4n) is 3.90. The van der Waals surface area contributed by atoms with E-state index in [1.165, 1.54) is 30.6 Å². The molecular weight excluding hydrogens is 485 g/mol. The highest BCUT2D eigenvalue weighted by molar-refractivity contribution is 14.0. The minimum absolute atomic E-state index is 0. The van der Waals surface area contributed by atoms with Crippen LogP contribution in [0.2, 0.25) is 0 Å². The van der Waals surface area contributed by atoms with E-state index in [0.717, 1.165) is 44.5 Å². The number of nitrogens with zero attached hydrogens (tertiary/aromatic N) is 3. The van der Waals surface area contributed by atoms with E-state index in [0.29, 0.717) is 6.04 Å². The van der Waals surface area contributed by atoms with Gasteiger partial charge in [0.25, 0.3) is 0 Å². The number of guanidine groups is 1. The number of amides is 1. The minimum Gasteiger partial charge on any atom is -0.354 e. The Labute approximate surface area is 190 Å². The summed E-state index contributed by atoms with van der Waals surface area (Å²) in [5, 5.41) is 9.04. The molecule has 0 unspecified atom stereocenters. The lowest BCUT2D eigenvalue weighted by molar-refractivity contribution is -0.127. The quantitative estimate of drug-likeness (QED) is 0.345. The number of rotatable bonds is 6. The highest BCUT2D eigenvalue weighted by Crippen LogP contribution is 2.26. The van der Waals surface area contributed by atoms with Crippen molar-refractivity contribution in [2.75, 3.05) is 33.7 Å². The largest absolute Gasteiger partial charge is 0.354 e. The number of halogens is 1. The summed E-state index contributed by atoms with van der Waals surface area (Å²) in [5.41, 5.74) is 0. The van der Waals surface area contributed by atoms with Crippen molar-refractivity contribution < 1.29 is 4.79 Å². The molecule has 2 heterocycles. The zero-order valence-electron chi connectivity index (χ0n) is 17.0. The molecule has 1 aromatic heterocycles. The topological polar surface area (TPSA) is 60.0 Å².